The summed E-state index contributed by atoms with van der Waals surface area (Å²) < 4.78 is 22.5. The molecule has 3 N–H and O–H groups in total. The fourth-order valence-corrected chi connectivity index (χ4v) is 2.97. The van der Waals surface area contributed by atoms with E-state index in [0.717, 1.165) is 11.1 Å². The Hall–Kier alpha value is -2.51. The maximum absolute atomic E-state index is 12.1. The lowest BCUT2D eigenvalue weighted by Gasteiger charge is -2.14. The van der Waals surface area contributed by atoms with Crippen LogP contribution in [0.2, 0.25) is 0 Å². The highest BCUT2D eigenvalue weighted by molar-refractivity contribution is 7.89. The number of nitrogens with two attached hydrogens (primary N) is 1. The van der Waals surface area contributed by atoms with Crippen LogP contribution < -0.4 is 10.5 Å². The first kappa shape index (κ1) is 19.8. The molecule has 26 heavy (non-hydrogen) atoms. The van der Waals surface area contributed by atoms with Gasteiger partial charge in [0.05, 0.1) is 10.9 Å². The monoisotopic (exact) mass is 374 g/mol. The molecule has 0 fully saturated rings. The number of nitrogens with one attached hydrogen (secondary N) is 1. The van der Waals surface area contributed by atoms with Crippen molar-refractivity contribution < 1.29 is 18.0 Å². The quantitative estimate of drug-likeness (QED) is 0.726. The van der Waals surface area contributed by atoms with E-state index in [0.29, 0.717) is 5.56 Å². The van der Waals surface area contributed by atoms with E-state index in [4.69, 9.17) is 5.14 Å². The molecule has 0 aliphatic rings. The van der Waals surface area contributed by atoms with Crippen LogP contribution in [0.1, 0.15) is 47.3 Å². The van der Waals surface area contributed by atoms with Crippen molar-refractivity contribution in [3.63, 3.8) is 0 Å². The second kappa shape index (κ2) is 8.25. The fraction of sp³-hybridized carbons (Fsp3) is 0.263. The number of ketones is 1. The van der Waals surface area contributed by atoms with Crippen molar-refractivity contribution >= 4 is 21.7 Å². The van der Waals surface area contributed by atoms with E-state index in [9.17, 15) is 18.0 Å². The van der Waals surface area contributed by atoms with Gasteiger partial charge in [-0.25, -0.2) is 13.6 Å². The minimum atomic E-state index is -3.74. The zero-order valence-corrected chi connectivity index (χ0v) is 15.5. The van der Waals surface area contributed by atoms with Crippen LogP contribution in [-0.2, 0) is 14.8 Å². The first-order valence-electron chi connectivity index (χ1n) is 8.19. The Morgan fingerprint density at radius 3 is 2.12 bits per heavy atom. The van der Waals surface area contributed by atoms with Crippen molar-refractivity contribution in [1.82, 2.24) is 5.32 Å². The van der Waals surface area contributed by atoms with E-state index >= 15 is 0 Å². The van der Waals surface area contributed by atoms with Crippen LogP contribution in [0.5, 0.6) is 0 Å². The molecule has 0 heterocycles. The lowest BCUT2D eigenvalue weighted by molar-refractivity contribution is -0.121. The molecule has 0 aliphatic carbocycles. The lowest BCUT2D eigenvalue weighted by atomic mass is 10.0. The smallest absolute Gasteiger partial charge is 0.238 e. The number of aryl methyl sites for hydroxylation is 1. The molecule has 1 amide bonds. The molecule has 0 spiro atoms. The number of carbonyl (C=O) groups is 2. The Kier molecular flexibility index (Phi) is 6.28. The van der Waals surface area contributed by atoms with Gasteiger partial charge in [-0.05, 0) is 31.5 Å². The minimum absolute atomic E-state index is 0.0171. The van der Waals surface area contributed by atoms with Crippen molar-refractivity contribution in [2.45, 2.75) is 37.6 Å². The van der Waals surface area contributed by atoms with Gasteiger partial charge >= 0.3 is 0 Å². The average Bonchev–Trinajstić information content (AvgIpc) is 2.59. The summed E-state index contributed by atoms with van der Waals surface area (Å²) in [5.41, 5.74) is 2.41. The molecule has 2 rings (SSSR count). The third-order valence-corrected chi connectivity index (χ3v) is 4.97. The van der Waals surface area contributed by atoms with Gasteiger partial charge in [0.1, 0.15) is 0 Å². The van der Waals surface area contributed by atoms with Gasteiger partial charge < -0.3 is 5.32 Å². The van der Waals surface area contributed by atoms with Gasteiger partial charge in [0.25, 0.3) is 0 Å². The molecule has 0 aromatic heterocycles. The van der Waals surface area contributed by atoms with Crippen molar-refractivity contribution in [1.29, 1.82) is 0 Å². The fourth-order valence-electron chi connectivity index (χ4n) is 2.45. The maximum atomic E-state index is 12.1. The third-order valence-electron chi connectivity index (χ3n) is 4.04. The van der Waals surface area contributed by atoms with E-state index in [2.05, 4.69) is 5.32 Å². The second-order valence-corrected chi connectivity index (χ2v) is 7.75. The first-order chi connectivity index (χ1) is 12.2. The number of carbonyl (C=O) groups excluding carboxylic acids is 2. The predicted octanol–water partition coefficient (Wildman–Crippen LogP) is 2.48. The van der Waals surface area contributed by atoms with Gasteiger partial charge in [-0.3, -0.25) is 9.59 Å². The van der Waals surface area contributed by atoms with Crippen LogP contribution in [0.3, 0.4) is 0 Å². The number of amides is 1. The molecular formula is C19H22N2O4S. The molecule has 0 saturated heterocycles. The van der Waals surface area contributed by atoms with E-state index in [1.54, 1.807) is 31.2 Å². The maximum Gasteiger partial charge on any atom is 0.238 e. The Morgan fingerprint density at radius 1 is 1.00 bits per heavy atom. The van der Waals surface area contributed by atoms with Gasteiger partial charge in [-0.15, -0.1) is 0 Å². The number of Topliss-reactive ketones (excluding diaryl/α,β-unsaturated/α-hetero) is 1. The Morgan fingerprint density at radius 2 is 1.58 bits per heavy atom. The second-order valence-electron chi connectivity index (χ2n) is 6.19. The molecule has 2 aromatic rings. The van der Waals surface area contributed by atoms with Crippen molar-refractivity contribution in [2.24, 2.45) is 5.14 Å². The first-order valence-corrected chi connectivity index (χ1v) is 9.73. The van der Waals surface area contributed by atoms with Crippen LogP contribution in [0.25, 0.3) is 0 Å². The number of rotatable bonds is 7. The summed E-state index contributed by atoms with van der Waals surface area (Å²) in [6, 6.07) is 12.9. The van der Waals surface area contributed by atoms with Crippen molar-refractivity contribution in [3.05, 3.63) is 65.2 Å². The molecule has 7 heteroatoms. The number of benzene rings is 2. The zero-order valence-electron chi connectivity index (χ0n) is 14.7. The van der Waals surface area contributed by atoms with Crippen LogP contribution in [0.4, 0.5) is 0 Å². The van der Waals surface area contributed by atoms with Gasteiger partial charge in [0, 0.05) is 18.4 Å². The highest BCUT2D eigenvalue weighted by Gasteiger charge is 2.14. The normalized spacial score (nSPS) is 12.4. The molecular weight excluding hydrogens is 352 g/mol. The van der Waals surface area contributed by atoms with Crippen molar-refractivity contribution in [3.8, 4) is 0 Å². The van der Waals surface area contributed by atoms with Crippen molar-refractivity contribution in [2.75, 3.05) is 0 Å². The van der Waals surface area contributed by atoms with Gasteiger partial charge in [-0.2, -0.15) is 0 Å². The average molecular weight is 374 g/mol. The van der Waals surface area contributed by atoms with Crippen LogP contribution in [0, 0.1) is 6.92 Å². The summed E-state index contributed by atoms with van der Waals surface area (Å²) in [5.74, 6) is -0.321. The van der Waals surface area contributed by atoms with Gasteiger partial charge in [0.15, 0.2) is 5.78 Å². The number of sulfonamides is 1. The predicted molar refractivity (Wildman–Crippen MR) is 99.1 cm³/mol. The number of hydrogen-bond donors (Lipinski definition) is 2. The molecule has 0 radical (unpaired) electrons. The molecule has 0 aliphatic heterocycles. The molecule has 0 saturated carbocycles. The van der Waals surface area contributed by atoms with Crippen LogP contribution in [-0.4, -0.2) is 20.1 Å². The standard InChI is InChI=1S/C19H22N2O4S/c1-13-3-5-16(6-4-13)18(22)11-12-19(23)21-14(2)15-7-9-17(10-8-15)26(20,24)25/h3-10,14H,11-12H2,1-2H3,(H,21,23)(H2,20,24,25). The molecule has 1 unspecified atom stereocenters. The SMILES string of the molecule is Cc1ccc(C(=O)CCC(=O)NC(C)c2ccc(S(N)(=O)=O)cc2)cc1. The van der Waals surface area contributed by atoms with Crippen LogP contribution in [0.15, 0.2) is 53.4 Å². The lowest BCUT2D eigenvalue weighted by Crippen LogP contribution is -2.27. The van der Waals surface area contributed by atoms with E-state index in [1.165, 1.54) is 12.1 Å². The van der Waals surface area contributed by atoms with Gasteiger partial charge in [-0.1, -0.05) is 42.0 Å². The zero-order chi connectivity index (χ0) is 19.3. The van der Waals surface area contributed by atoms with E-state index in [-0.39, 0.29) is 35.5 Å². The Labute approximate surface area is 153 Å². The molecule has 138 valence electrons. The van der Waals surface area contributed by atoms with Crippen LogP contribution >= 0.6 is 0 Å². The van der Waals surface area contributed by atoms with Gasteiger partial charge in [0.2, 0.25) is 15.9 Å². The molecule has 1 atom stereocenters. The minimum Gasteiger partial charge on any atom is -0.350 e. The number of hydrogen-bond acceptors (Lipinski definition) is 4. The summed E-state index contributed by atoms with van der Waals surface area (Å²) in [5, 5.41) is 7.86. The Bertz CT molecular complexity index is 888. The largest absolute Gasteiger partial charge is 0.350 e. The summed E-state index contributed by atoms with van der Waals surface area (Å²) in [6.45, 7) is 3.73. The highest BCUT2D eigenvalue weighted by Crippen LogP contribution is 2.16. The third kappa shape index (κ3) is 5.50. The summed E-state index contributed by atoms with van der Waals surface area (Å²) in [4.78, 5) is 24.2. The molecule has 6 nitrogen and oxygen atoms in total. The highest BCUT2D eigenvalue weighted by atomic mass is 32.2. The topological polar surface area (TPSA) is 106 Å². The molecule has 0 bridgehead atoms. The molecule has 2 aromatic carbocycles. The number of primary sulfonamides is 1. The van der Waals surface area contributed by atoms with E-state index in [1.807, 2.05) is 19.1 Å². The summed E-state index contributed by atoms with van der Waals surface area (Å²) in [7, 11) is -3.74. The summed E-state index contributed by atoms with van der Waals surface area (Å²) in [6.07, 6.45) is 0.221. The van der Waals surface area contributed by atoms with E-state index < -0.39 is 10.0 Å². The summed E-state index contributed by atoms with van der Waals surface area (Å²) >= 11 is 0. The Balaban J connectivity index is 1.88.